The number of amides is 1. The molecule has 184 valence electrons. The Bertz CT molecular complexity index is 1490. The van der Waals surface area contributed by atoms with Crippen LogP contribution in [-0.2, 0) is 16.1 Å². The van der Waals surface area contributed by atoms with E-state index in [9.17, 15) is 9.59 Å². The van der Waals surface area contributed by atoms with Gasteiger partial charge in [0.25, 0.3) is 5.91 Å². The predicted molar refractivity (Wildman–Crippen MR) is 146 cm³/mol. The van der Waals surface area contributed by atoms with Crippen molar-refractivity contribution in [3.05, 3.63) is 118 Å². The maximum Gasteiger partial charge on any atom is 0.337 e. The van der Waals surface area contributed by atoms with E-state index in [2.05, 4.69) is 0 Å². The first-order chi connectivity index (χ1) is 18.0. The minimum absolute atomic E-state index is 0.125. The second-order valence-electron chi connectivity index (χ2n) is 8.49. The molecule has 6 nitrogen and oxygen atoms in total. The molecule has 0 bridgehead atoms. The number of esters is 1. The minimum Gasteiger partial charge on any atom is -0.465 e. The molecule has 0 N–H and O–H groups in total. The first kappa shape index (κ1) is 24.3. The van der Waals surface area contributed by atoms with Crippen molar-refractivity contribution >= 4 is 40.6 Å². The van der Waals surface area contributed by atoms with E-state index < -0.39 is 5.97 Å². The van der Waals surface area contributed by atoms with Crippen molar-refractivity contribution in [2.45, 2.75) is 13.5 Å². The summed E-state index contributed by atoms with van der Waals surface area (Å²) in [5, 5.41) is 0.620. The summed E-state index contributed by atoms with van der Waals surface area (Å²) in [5.74, 6) is 0.670. The molecule has 0 radical (unpaired) electrons. The lowest BCUT2D eigenvalue weighted by atomic mass is 10.1. The number of rotatable bonds is 6. The van der Waals surface area contributed by atoms with E-state index in [1.165, 1.54) is 18.9 Å². The fourth-order valence-electron chi connectivity index (χ4n) is 3.83. The normalized spacial score (nSPS) is 15.5. The number of carbonyl (C=O) groups excluding carboxylic acids is 2. The highest BCUT2D eigenvalue weighted by atomic mass is 32.2. The van der Waals surface area contributed by atoms with Crippen LogP contribution in [0.5, 0.6) is 0 Å². The summed E-state index contributed by atoms with van der Waals surface area (Å²) in [6, 6.07) is 28.4. The largest absolute Gasteiger partial charge is 0.465 e. The lowest BCUT2D eigenvalue weighted by molar-refractivity contribution is -0.122. The monoisotopic (exact) mass is 508 g/mol. The highest BCUT2D eigenvalue weighted by molar-refractivity contribution is 8.18. The maximum atomic E-state index is 13.4. The van der Waals surface area contributed by atoms with Gasteiger partial charge in [0.2, 0.25) is 0 Å². The number of aryl methyl sites for hydroxylation is 1. The number of furan rings is 1. The summed E-state index contributed by atoms with van der Waals surface area (Å²) < 4.78 is 10.8. The van der Waals surface area contributed by atoms with E-state index in [4.69, 9.17) is 14.1 Å². The third-order valence-corrected chi connectivity index (χ3v) is 6.83. The zero-order chi connectivity index (χ0) is 25.8. The number of methoxy groups -OCH3 is 1. The Labute approximate surface area is 219 Å². The highest BCUT2D eigenvalue weighted by Gasteiger charge is 2.33. The van der Waals surface area contributed by atoms with E-state index in [1.807, 2.05) is 73.7 Å². The van der Waals surface area contributed by atoms with Crippen LogP contribution in [0.1, 0.15) is 27.2 Å². The topological polar surface area (TPSA) is 72.1 Å². The second kappa shape index (κ2) is 10.7. The Kier molecular flexibility index (Phi) is 7.05. The first-order valence-corrected chi connectivity index (χ1v) is 12.5. The van der Waals surface area contributed by atoms with Crippen LogP contribution in [0.4, 0.5) is 5.69 Å². The molecule has 0 atom stereocenters. The molecular formula is C30H24N2O4S. The Balaban J connectivity index is 1.42. The van der Waals surface area contributed by atoms with Crippen LogP contribution < -0.4 is 0 Å². The molecule has 3 aromatic carbocycles. The third-order valence-electron chi connectivity index (χ3n) is 5.82. The van der Waals surface area contributed by atoms with Gasteiger partial charge in [-0.05, 0) is 60.6 Å². The van der Waals surface area contributed by atoms with Gasteiger partial charge in [-0.25, -0.2) is 9.79 Å². The molecule has 0 saturated carbocycles. The Morgan fingerprint density at radius 2 is 1.70 bits per heavy atom. The summed E-state index contributed by atoms with van der Waals surface area (Å²) in [5.41, 5.74) is 4.23. The molecule has 5 rings (SSSR count). The van der Waals surface area contributed by atoms with Crippen LogP contribution >= 0.6 is 11.8 Å². The minimum atomic E-state index is -0.392. The molecule has 1 amide bonds. The van der Waals surface area contributed by atoms with Gasteiger partial charge < -0.3 is 9.15 Å². The van der Waals surface area contributed by atoms with E-state index >= 15 is 0 Å². The smallest absolute Gasteiger partial charge is 0.337 e. The number of carbonyl (C=O) groups is 2. The average molecular weight is 509 g/mol. The number of ether oxygens (including phenoxy) is 1. The van der Waals surface area contributed by atoms with Crippen LogP contribution in [0.2, 0.25) is 0 Å². The zero-order valence-corrected chi connectivity index (χ0v) is 21.2. The molecule has 1 fully saturated rings. The summed E-state index contributed by atoms with van der Waals surface area (Å²) in [4.78, 5) is 32.1. The zero-order valence-electron chi connectivity index (χ0n) is 20.4. The van der Waals surface area contributed by atoms with E-state index in [1.54, 1.807) is 35.2 Å². The highest BCUT2D eigenvalue weighted by Crippen LogP contribution is 2.36. The van der Waals surface area contributed by atoms with E-state index in [-0.39, 0.29) is 5.91 Å². The quantitative estimate of drug-likeness (QED) is 0.210. The fourth-order valence-corrected chi connectivity index (χ4v) is 4.81. The first-order valence-electron chi connectivity index (χ1n) is 11.7. The predicted octanol–water partition coefficient (Wildman–Crippen LogP) is 6.85. The number of amidine groups is 1. The van der Waals surface area contributed by atoms with Crippen LogP contribution in [-0.4, -0.2) is 29.1 Å². The van der Waals surface area contributed by atoms with Crippen molar-refractivity contribution in [3.8, 4) is 11.3 Å². The number of nitrogens with zero attached hydrogens (tertiary/aromatic N) is 2. The van der Waals surface area contributed by atoms with Gasteiger partial charge in [0, 0.05) is 11.6 Å². The van der Waals surface area contributed by atoms with Crippen molar-refractivity contribution in [3.63, 3.8) is 0 Å². The second-order valence-corrected chi connectivity index (χ2v) is 9.50. The molecule has 4 aromatic rings. The number of benzene rings is 3. The molecule has 1 saturated heterocycles. The van der Waals surface area contributed by atoms with Crippen LogP contribution in [0, 0.1) is 6.92 Å². The molecule has 2 heterocycles. The summed E-state index contributed by atoms with van der Waals surface area (Å²) >= 11 is 1.33. The lowest BCUT2D eigenvalue weighted by Crippen LogP contribution is -2.28. The van der Waals surface area contributed by atoms with Crippen LogP contribution in [0.25, 0.3) is 17.4 Å². The summed E-state index contributed by atoms with van der Waals surface area (Å²) in [6.45, 7) is 2.45. The lowest BCUT2D eigenvalue weighted by Gasteiger charge is -2.15. The number of thioether (sulfide) groups is 1. The van der Waals surface area contributed by atoms with Gasteiger partial charge in [0.1, 0.15) is 11.5 Å². The van der Waals surface area contributed by atoms with E-state index in [0.29, 0.717) is 33.7 Å². The standard InChI is InChI=1S/C30H24N2O4S/c1-20-8-14-24(15-9-20)31-30-32(19-21-6-4-3-5-7-21)28(33)27(37-30)18-25-16-17-26(36-25)22-10-12-23(13-11-22)29(34)35-2/h3-18H,19H2,1-2H3/b27-18+,31-30?. The van der Waals surface area contributed by atoms with E-state index in [0.717, 1.165) is 22.4 Å². The van der Waals surface area contributed by atoms with Gasteiger partial charge in [-0.2, -0.15) is 0 Å². The van der Waals surface area contributed by atoms with Crippen LogP contribution in [0.3, 0.4) is 0 Å². The van der Waals surface area contributed by atoms with Crippen molar-refractivity contribution in [2.75, 3.05) is 7.11 Å². The molecule has 1 aliphatic rings. The van der Waals surface area contributed by atoms with Gasteiger partial charge in [0.05, 0.1) is 29.8 Å². The molecule has 1 aromatic heterocycles. The molecule has 0 aliphatic carbocycles. The Hall–Kier alpha value is -4.36. The number of hydrogen-bond acceptors (Lipinski definition) is 6. The van der Waals surface area contributed by atoms with Crippen molar-refractivity contribution < 1.29 is 18.7 Å². The van der Waals surface area contributed by atoms with Gasteiger partial charge in [-0.15, -0.1) is 0 Å². The Morgan fingerprint density at radius 1 is 0.973 bits per heavy atom. The van der Waals surface area contributed by atoms with Crippen molar-refractivity contribution in [1.82, 2.24) is 4.90 Å². The SMILES string of the molecule is COC(=O)c1ccc(-c2ccc(/C=C3/SC(=Nc4ccc(C)cc4)N(Cc4ccccc4)C3=O)o2)cc1. The molecule has 1 aliphatic heterocycles. The van der Waals surface area contributed by atoms with Gasteiger partial charge in [-0.1, -0.05) is 60.2 Å². The number of aliphatic imine (C=N–C) groups is 1. The summed E-state index contributed by atoms with van der Waals surface area (Å²) in [6.07, 6.45) is 1.75. The molecule has 0 spiro atoms. The molecular weight excluding hydrogens is 484 g/mol. The molecule has 7 heteroatoms. The fraction of sp³-hybridized carbons (Fsp3) is 0.100. The maximum absolute atomic E-state index is 13.4. The van der Waals surface area contributed by atoms with Gasteiger partial charge in [0.15, 0.2) is 5.17 Å². The summed E-state index contributed by atoms with van der Waals surface area (Å²) in [7, 11) is 1.35. The van der Waals surface area contributed by atoms with Crippen molar-refractivity contribution in [2.24, 2.45) is 4.99 Å². The van der Waals surface area contributed by atoms with Gasteiger partial charge >= 0.3 is 5.97 Å². The Morgan fingerprint density at radius 3 is 2.41 bits per heavy atom. The van der Waals surface area contributed by atoms with Crippen molar-refractivity contribution in [1.29, 1.82) is 0 Å². The van der Waals surface area contributed by atoms with Crippen LogP contribution in [0.15, 0.2) is 105 Å². The number of hydrogen-bond donors (Lipinski definition) is 0. The molecule has 37 heavy (non-hydrogen) atoms. The third kappa shape index (κ3) is 5.57. The average Bonchev–Trinajstić information content (AvgIpc) is 3.51. The van der Waals surface area contributed by atoms with Gasteiger partial charge in [-0.3, -0.25) is 9.69 Å². The molecule has 0 unspecified atom stereocenters.